The van der Waals surface area contributed by atoms with Crippen LogP contribution in [-0.2, 0) is 10.2 Å². The van der Waals surface area contributed by atoms with Crippen molar-refractivity contribution in [1.29, 1.82) is 0 Å². The van der Waals surface area contributed by atoms with E-state index in [9.17, 15) is 15.0 Å². The number of benzene rings is 1. The van der Waals surface area contributed by atoms with Crippen molar-refractivity contribution >= 4 is 21.9 Å². The second kappa shape index (κ2) is 4.33. The number of phenolic OH excluding ortho intramolecular Hbond substituents is 2. The van der Waals surface area contributed by atoms with E-state index >= 15 is 0 Å². The fourth-order valence-corrected chi connectivity index (χ4v) is 1.91. The van der Waals surface area contributed by atoms with E-state index in [4.69, 9.17) is 5.11 Å². The van der Waals surface area contributed by atoms with Gasteiger partial charge in [-0.25, -0.2) is 0 Å². The second-order valence-electron chi connectivity index (χ2n) is 4.28. The third-order valence-corrected chi connectivity index (χ3v) is 3.02. The Morgan fingerprint density at radius 2 is 1.94 bits per heavy atom. The maximum absolute atomic E-state index is 10.7. The highest BCUT2D eigenvalue weighted by Crippen LogP contribution is 2.39. The average Bonchev–Trinajstić information content (AvgIpc) is 2.11. The number of hydrogen-bond donors (Lipinski definition) is 3. The van der Waals surface area contributed by atoms with Crippen molar-refractivity contribution < 1.29 is 20.1 Å². The number of rotatable bonds is 3. The van der Waals surface area contributed by atoms with Crippen molar-refractivity contribution in [3.8, 4) is 11.5 Å². The Hall–Kier alpha value is -1.23. The van der Waals surface area contributed by atoms with Gasteiger partial charge in [-0.1, -0.05) is 13.8 Å². The summed E-state index contributed by atoms with van der Waals surface area (Å²) in [6.45, 7) is 3.53. The molecule has 1 aromatic rings. The Labute approximate surface area is 102 Å². The van der Waals surface area contributed by atoms with Gasteiger partial charge in [-0.2, -0.15) is 0 Å². The molecule has 0 fully saturated rings. The van der Waals surface area contributed by atoms with E-state index in [2.05, 4.69) is 15.9 Å². The Balaban J connectivity index is 3.18. The number of aliphatic carboxylic acids is 1. The summed E-state index contributed by atoms with van der Waals surface area (Å²) in [5.74, 6) is -1.41. The lowest BCUT2D eigenvalue weighted by molar-refractivity contribution is -0.138. The van der Waals surface area contributed by atoms with E-state index in [0.717, 1.165) is 0 Å². The molecule has 0 aromatic heterocycles. The van der Waals surface area contributed by atoms with Crippen molar-refractivity contribution in [2.45, 2.75) is 25.7 Å². The van der Waals surface area contributed by atoms with E-state index in [1.54, 1.807) is 19.9 Å². The van der Waals surface area contributed by atoms with Crippen LogP contribution in [0.4, 0.5) is 0 Å². The highest BCUT2D eigenvalue weighted by atomic mass is 79.9. The minimum Gasteiger partial charge on any atom is -0.504 e. The summed E-state index contributed by atoms with van der Waals surface area (Å²) in [6, 6.07) is 2.99. The molecule has 5 heteroatoms. The number of carboxylic acids is 1. The maximum atomic E-state index is 10.7. The fraction of sp³-hybridized carbons (Fsp3) is 0.364. The van der Waals surface area contributed by atoms with E-state index in [0.29, 0.717) is 10.0 Å². The van der Waals surface area contributed by atoms with E-state index in [1.807, 2.05) is 0 Å². The molecule has 0 radical (unpaired) electrons. The number of carbonyl (C=O) groups is 1. The zero-order valence-electron chi connectivity index (χ0n) is 8.99. The largest absolute Gasteiger partial charge is 0.504 e. The van der Waals surface area contributed by atoms with Crippen LogP contribution in [-0.4, -0.2) is 21.3 Å². The predicted molar refractivity (Wildman–Crippen MR) is 62.8 cm³/mol. The number of hydrogen-bond acceptors (Lipinski definition) is 3. The molecule has 0 aliphatic rings. The van der Waals surface area contributed by atoms with Crippen LogP contribution in [0.25, 0.3) is 0 Å². The SMILES string of the molecule is CC(C)(CC(=O)O)c1cc(O)c(O)c(Br)c1. The Morgan fingerprint density at radius 1 is 1.38 bits per heavy atom. The van der Waals surface area contributed by atoms with Crippen molar-refractivity contribution in [1.82, 2.24) is 0 Å². The molecular formula is C11H13BrO4. The zero-order chi connectivity index (χ0) is 12.5. The lowest BCUT2D eigenvalue weighted by atomic mass is 9.81. The smallest absolute Gasteiger partial charge is 0.304 e. The van der Waals surface area contributed by atoms with Crippen LogP contribution in [0.15, 0.2) is 16.6 Å². The first-order valence-electron chi connectivity index (χ1n) is 4.68. The molecule has 0 saturated carbocycles. The zero-order valence-corrected chi connectivity index (χ0v) is 10.6. The summed E-state index contributed by atoms with van der Waals surface area (Å²) in [4.78, 5) is 10.7. The molecular weight excluding hydrogens is 276 g/mol. The summed E-state index contributed by atoms with van der Waals surface area (Å²) in [7, 11) is 0. The van der Waals surface area contributed by atoms with Crippen LogP contribution in [0.3, 0.4) is 0 Å². The normalized spacial score (nSPS) is 11.4. The van der Waals surface area contributed by atoms with E-state index in [1.165, 1.54) is 6.07 Å². The highest BCUT2D eigenvalue weighted by Gasteiger charge is 2.25. The van der Waals surface area contributed by atoms with Crippen molar-refractivity contribution in [3.05, 3.63) is 22.2 Å². The molecule has 16 heavy (non-hydrogen) atoms. The minimum atomic E-state index is -0.909. The van der Waals surface area contributed by atoms with Gasteiger partial charge < -0.3 is 15.3 Å². The first-order chi connectivity index (χ1) is 7.24. The average molecular weight is 289 g/mol. The summed E-state index contributed by atoms with van der Waals surface area (Å²) >= 11 is 3.10. The number of carboxylic acid groups (broad SMARTS) is 1. The highest BCUT2D eigenvalue weighted by molar-refractivity contribution is 9.10. The summed E-state index contributed by atoms with van der Waals surface area (Å²) in [6.07, 6.45) is -0.0519. The van der Waals surface area contributed by atoms with Gasteiger partial charge in [0.1, 0.15) is 0 Å². The molecule has 88 valence electrons. The van der Waals surface area contributed by atoms with Gasteiger partial charge >= 0.3 is 5.97 Å². The summed E-state index contributed by atoms with van der Waals surface area (Å²) < 4.78 is 0.348. The summed E-state index contributed by atoms with van der Waals surface area (Å²) in [5.41, 5.74) is 0.0385. The lowest BCUT2D eigenvalue weighted by Crippen LogP contribution is -2.21. The topological polar surface area (TPSA) is 77.8 Å². The van der Waals surface area contributed by atoms with Gasteiger partial charge in [-0.15, -0.1) is 0 Å². The lowest BCUT2D eigenvalue weighted by Gasteiger charge is -2.23. The first-order valence-corrected chi connectivity index (χ1v) is 5.47. The van der Waals surface area contributed by atoms with Gasteiger partial charge in [0.15, 0.2) is 11.5 Å². The number of halogens is 1. The van der Waals surface area contributed by atoms with Crippen LogP contribution in [0, 0.1) is 0 Å². The molecule has 0 saturated heterocycles. The van der Waals surface area contributed by atoms with Crippen LogP contribution >= 0.6 is 15.9 Å². The molecule has 0 atom stereocenters. The first kappa shape index (κ1) is 12.8. The molecule has 0 spiro atoms. The van der Waals surface area contributed by atoms with Crippen molar-refractivity contribution in [3.63, 3.8) is 0 Å². The maximum Gasteiger partial charge on any atom is 0.304 e. The molecule has 0 aliphatic heterocycles. The Bertz CT molecular complexity index is 403. The Kier molecular flexibility index (Phi) is 3.48. The molecule has 0 bridgehead atoms. The molecule has 3 N–H and O–H groups in total. The fourth-order valence-electron chi connectivity index (χ4n) is 1.46. The van der Waals surface area contributed by atoms with Gasteiger partial charge in [0.05, 0.1) is 10.9 Å². The van der Waals surface area contributed by atoms with Gasteiger partial charge in [0.25, 0.3) is 0 Å². The van der Waals surface area contributed by atoms with Gasteiger partial charge in [0.2, 0.25) is 0 Å². The molecule has 4 nitrogen and oxygen atoms in total. The van der Waals surface area contributed by atoms with Crippen LogP contribution in [0.2, 0.25) is 0 Å². The summed E-state index contributed by atoms with van der Waals surface area (Å²) in [5, 5.41) is 27.6. The monoisotopic (exact) mass is 288 g/mol. The predicted octanol–water partition coefficient (Wildman–Crippen LogP) is 2.61. The standard InChI is InChI=1S/C11H13BrO4/c1-11(2,5-9(14)15)6-3-7(12)10(16)8(13)4-6/h3-4,13,16H,5H2,1-2H3,(H,14,15). The van der Waals surface area contributed by atoms with Gasteiger partial charge in [0, 0.05) is 5.41 Å². The van der Waals surface area contributed by atoms with Crippen molar-refractivity contribution in [2.75, 3.05) is 0 Å². The molecule has 0 aliphatic carbocycles. The van der Waals surface area contributed by atoms with Gasteiger partial charge in [-0.05, 0) is 33.6 Å². The quantitative estimate of drug-likeness (QED) is 0.747. The molecule has 1 rings (SSSR count). The van der Waals surface area contributed by atoms with Crippen molar-refractivity contribution in [2.24, 2.45) is 0 Å². The molecule has 0 heterocycles. The number of phenols is 2. The minimum absolute atomic E-state index is 0.0519. The third-order valence-electron chi connectivity index (χ3n) is 2.42. The number of aromatic hydroxyl groups is 2. The van der Waals surface area contributed by atoms with Crippen LogP contribution in [0.5, 0.6) is 11.5 Å². The Morgan fingerprint density at radius 3 is 2.38 bits per heavy atom. The van der Waals surface area contributed by atoms with E-state index in [-0.39, 0.29) is 17.9 Å². The molecule has 0 amide bonds. The van der Waals surface area contributed by atoms with Gasteiger partial charge in [-0.3, -0.25) is 4.79 Å². The van der Waals surface area contributed by atoms with Crippen LogP contribution < -0.4 is 0 Å². The third kappa shape index (κ3) is 2.66. The molecule has 0 unspecified atom stereocenters. The van der Waals surface area contributed by atoms with E-state index < -0.39 is 11.4 Å². The van der Waals surface area contributed by atoms with Crippen LogP contribution in [0.1, 0.15) is 25.8 Å². The second-order valence-corrected chi connectivity index (χ2v) is 5.13. The molecule has 1 aromatic carbocycles.